The van der Waals surface area contributed by atoms with E-state index in [-0.39, 0.29) is 17.9 Å². The van der Waals surface area contributed by atoms with E-state index in [2.05, 4.69) is 5.32 Å². The summed E-state index contributed by atoms with van der Waals surface area (Å²) in [5.41, 5.74) is 2.40. The van der Waals surface area contributed by atoms with Crippen LogP contribution in [0.1, 0.15) is 42.9 Å². The Morgan fingerprint density at radius 1 is 1.32 bits per heavy atom. The highest BCUT2D eigenvalue weighted by Gasteiger charge is 2.33. The summed E-state index contributed by atoms with van der Waals surface area (Å²) in [5.74, 6) is -0.228. The van der Waals surface area contributed by atoms with Crippen molar-refractivity contribution in [2.24, 2.45) is 5.92 Å². The molecule has 0 radical (unpaired) electrons. The maximum absolute atomic E-state index is 12.2. The zero-order chi connectivity index (χ0) is 13.4. The van der Waals surface area contributed by atoms with Gasteiger partial charge in [0.15, 0.2) is 0 Å². The Labute approximate surface area is 118 Å². The maximum atomic E-state index is 12.2. The zero-order valence-corrected chi connectivity index (χ0v) is 11.5. The topological polar surface area (TPSA) is 49.3 Å². The molecule has 1 amide bonds. The molecule has 0 spiro atoms. The Balaban J connectivity index is 1.71. The van der Waals surface area contributed by atoms with Crippen molar-refractivity contribution in [2.75, 3.05) is 0 Å². The average Bonchev–Trinajstić information content (AvgIpc) is 2.96. The second-order valence-corrected chi connectivity index (χ2v) is 5.98. The molecule has 1 aromatic carbocycles. The Morgan fingerprint density at radius 3 is 2.89 bits per heavy atom. The Morgan fingerprint density at radius 2 is 2.16 bits per heavy atom. The summed E-state index contributed by atoms with van der Waals surface area (Å²) in [6, 6.07) is 5.93. The summed E-state index contributed by atoms with van der Waals surface area (Å²) in [5, 5.41) is 13.6. The van der Waals surface area contributed by atoms with Crippen molar-refractivity contribution in [1.29, 1.82) is 0 Å². The van der Waals surface area contributed by atoms with Crippen LogP contribution in [0.25, 0.3) is 0 Å². The van der Waals surface area contributed by atoms with Crippen molar-refractivity contribution in [3.05, 3.63) is 34.3 Å². The first-order valence-electron chi connectivity index (χ1n) is 6.92. The third-order valence-electron chi connectivity index (χ3n) is 4.32. The maximum Gasteiger partial charge on any atom is 0.226 e. The number of amides is 1. The number of aryl methyl sites for hydroxylation is 1. The van der Waals surface area contributed by atoms with Crippen molar-refractivity contribution >= 4 is 17.5 Å². The third kappa shape index (κ3) is 2.49. The number of aliphatic hydroxyl groups is 1. The van der Waals surface area contributed by atoms with Crippen molar-refractivity contribution in [3.63, 3.8) is 0 Å². The molecule has 2 aliphatic carbocycles. The van der Waals surface area contributed by atoms with Crippen molar-refractivity contribution in [3.8, 4) is 0 Å². The molecule has 0 aliphatic heterocycles. The first-order valence-corrected chi connectivity index (χ1v) is 7.29. The van der Waals surface area contributed by atoms with Crippen LogP contribution in [0.4, 0.5) is 0 Å². The van der Waals surface area contributed by atoms with Crippen LogP contribution in [0.2, 0.25) is 5.02 Å². The second-order valence-electron chi connectivity index (χ2n) is 5.55. The van der Waals surface area contributed by atoms with Crippen LogP contribution in [0, 0.1) is 5.92 Å². The summed E-state index contributed by atoms with van der Waals surface area (Å²) in [6.07, 6.45) is 3.89. The molecule has 0 aromatic heterocycles. The molecule has 0 bridgehead atoms. The summed E-state index contributed by atoms with van der Waals surface area (Å²) >= 11 is 5.98. The molecule has 1 saturated carbocycles. The zero-order valence-electron chi connectivity index (χ0n) is 10.7. The second kappa shape index (κ2) is 5.14. The molecule has 0 heterocycles. The van der Waals surface area contributed by atoms with Crippen molar-refractivity contribution in [2.45, 2.75) is 44.2 Å². The van der Waals surface area contributed by atoms with E-state index in [0.717, 1.165) is 37.1 Å². The number of nitrogens with one attached hydrogen (secondary N) is 1. The van der Waals surface area contributed by atoms with Gasteiger partial charge in [0.1, 0.15) is 0 Å². The van der Waals surface area contributed by atoms with Gasteiger partial charge in [0.05, 0.1) is 18.1 Å². The number of halogens is 1. The molecule has 2 aliphatic rings. The molecule has 3 atom stereocenters. The summed E-state index contributed by atoms with van der Waals surface area (Å²) in [7, 11) is 0. The van der Waals surface area contributed by atoms with E-state index < -0.39 is 6.10 Å². The minimum absolute atomic E-state index is 0.00204. The molecule has 3 unspecified atom stereocenters. The van der Waals surface area contributed by atoms with Gasteiger partial charge in [0, 0.05) is 5.02 Å². The molecule has 19 heavy (non-hydrogen) atoms. The van der Waals surface area contributed by atoms with Gasteiger partial charge in [-0.15, -0.1) is 0 Å². The first-order chi connectivity index (χ1) is 9.15. The smallest absolute Gasteiger partial charge is 0.226 e. The number of fused-ring (bicyclic) bond motifs is 1. The first kappa shape index (κ1) is 12.9. The SMILES string of the molecule is O=C(NC1CCc2cc(Cl)ccc21)C1CCCC1O. The molecule has 3 nitrogen and oxygen atoms in total. The molecule has 1 aromatic rings. The van der Waals surface area contributed by atoms with Crippen LogP contribution >= 0.6 is 11.6 Å². The number of benzene rings is 1. The molecular formula is C15H18ClNO2. The van der Waals surface area contributed by atoms with E-state index in [4.69, 9.17) is 11.6 Å². The number of hydrogen-bond donors (Lipinski definition) is 2. The van der Waals surface area contributed by atoms with E-state index >= 15 is 0 Å². The highest BCUT2D eigenvalue weighted by atomic mass is 35.5. The standard InChI is InChI=1S/C15H18ClNO2/c16-10-5-6-11-9(8-10)4-7-13(11)17-15(19)12-2-1-3-14(12)18/h5-6,8,12-14,18H,1-4,7H2,(H,17,19). The fourth-order valence-corrected chi connectivity index (χ4v) is 3.46. The minimum atomic E-state index is -0.467. The van der Waals surface area contributed by atoms with Crippen LogP contribution in [0.15, 0.2) is 18.2 Å². The van der Waals surface area contributed by atoms with Crippen molar-refractivity contribution in [1.82, 2.24) is 5.32 Å². The van der Waals surface area contributed by atoms with Gasteiger partial charge in [-0.2, -0.15) is 0 Å². The van der Waals surface area contributed by atoms with Crippen molar-refractivity contribution < 1.29 is 9.90 Å². The normalized spacial score (nSPS) is 29.3. The third-order valence-corrected chi connectivity index (χ3v) is 4.55. The van der Waals surface area contributed by atoms with Gasteiger partial charge in [-0.05, 0) is 55.4 Å². The predicted molar refractivity (Wildman–Crippen MR) is 74.0 cm³/mol. The Hall–Kier alpha value is -1.06. The van der Waals surface area contributed by atoms with Crippen LogP contribution < -0.4 is 5.32 Å². The number of aliphatic hydroxyl groups excluding tert-OH is 1. The average molecular weight is 280 g/mol. The van der Waals surface area contributed by atoms with E-state index in [0.29, 0.717) is 0 Å². The van der Waals surface area contributed by atoms with Gasteiger partial charge in [0.25, 0.3) is 0 Å². The highest BCUT2D eigenvalue weighted by molar-refractivity contribution is 6.30. The van der Waals surface area contributed by atoms with Gasteiger partial charge < -0.3 is 10.4 Å². The molecule has 0 saturated heterocycles. The van der Waals surface area contributed by atoms with E-state index in [1.165, 1.54) is 11.1 Å². The molecule has 2 N–H and O–H groups in total. The summed E-state index contributed by atoms with van der Waals surface area (Å²) in [6.45, 7) is 0. The minimum Gasteiger partial charge on any atom is -0.392 e. The molecule has 3 rings (SSSR count). The summed E-state index contributed by atoms with van der Waals surface area (Å²) in [4.78, 5) is 12.2. The lowest BCUT2D eigenvalue weighted by Crippen LogP contribution is -2.36. The van der Waals surface area contributed by atoms with Gasteiger partial charge in [-0.25, -0.2) is 0 Å². The molecule has 4 heteroatoms. The fraction of sp³-hybridized carbons (Fsp3) is 0.533. The van der Waals surface area contributed by atoms with Crippen LogP contribution in [0.3, 0.4) is 0 Å². The van der Waals surface area contributed by atoms with E-state index in [1.54, 1.807) is 0 Å². The fourth-order valence-electron chi connectivity index (χ4n) is 3.26. The Kier molecular flexibility index (Phi) is 3.50. The molecular weight excluding hydrogens is 262 g/mol. The lowest BCUT2D eigenvalue weighted by atomic mass is 10.0. The van der Waals surface area contributed by atoms with Crippen LogP contribution in [-0.4, -0.2) is 17.1 Å². The van der Waals surface area contributed by atoms with Crippen LogP contribution in [0.5, 0.6) is 0 Å². The number of rotatable bonds is 2. The number of carbonyl (C=O) groups is 1. The number of hydrogen-bond acceptors (Lipinski definition) is 2. The monoisotopic (exact) mass is 279 g/mol. The lowest BCUT2D eigenvalue weighted by Gasteiger charge is -2.19. The van der Waals surface area contributed by atoms with E-state index in [1.807, 2.05) is 18.2 Å². The predicted octanol–water partition coefficient (Wildman–Crippen LogP) is 2.60. The molecule has 1 fully saturated rings. The van der Waals surface area contributed by atoms with Gasteiger partial charge in [-0.1, -0.05) is 17.7 Å². The number of carbonyl (C=O) groups excluding carboxylic acids is 1. The Bertz CT molecular complexity index is 503. The quantitative estimate of drug-likeness (QED) is 0.874. The lowest BCUT2D eigenvalue weighted by molar-refractivity contribution is -0.128. The van der Waals surface area contributed by atoms with Gasteiger partial charge >= 0.3 is 0 Å². The molecule has 102 valence electrons. The largest absolute Gasteiger partial charge is 0.392 e. The van der Waals surface area contributed by atoms with Gasteiger partial charge in [-0.3, -0.25) is 4.79 Å². The van der Waals surface area contributed by atoms with Crippen LogP contribution in [-0.2, 0) is 11.2 Å². The van der Waals surface area contributed by atoms with Gasteiger partial charge in [0.2, 0.25) is 5.91 Å². The van der Waals surface area contributed by atoms with E-state index in [9.17, 15) is 9.90 Å². The summed E-state index contributed by atoms with van der Waals surface area (Å²) < 4.78 is 0. The highest BCUT2D eigenvalue weighted by Crippen LogP contribution is 2.34.